The van der Waals surface area contributed by atoms with Gasteiger partial charge in [0.25, 0.3) is 0 Å². The molecule has 1 aliphatic heterocycles. The molecule has 0 aliphatic carbocycles. The fourth-order valence-corrected chi connectivity index (χ4v) is 8.35. The molecule has 5 rings (SSSR count). The van der Waals surface area contributed by atoms with Crippen LogP contribution in [0.15, 0.2) is 120 Å². The van der Waals surface area contributed by atoms with Crippen LogP contribution in [-0.2, 0) is 9.16 Å². The Bertz CT molecular complexity index is 1360. The molecule has 0 spiro atoms. The quantitative estimate of drug-likeness (QED) is 0.169. The van der Waals surface area contributed by atoms with Gasteiger partial charge in [0.15, 0.2) is 8.32 Å². The third kappa shape index (κ3) is 6.09. The number of aliphatic imine (C=N–C) groups is 1. The fourth-order valence-electron chi connectivity index (χ4n) is 4.63. The first-order valence-corrected chi connectivity index (χ1v) is 17.9. The topological polar surface area (TPSA) is 30.8 Å². The highest BCUT2D eigenvalue weighted by molar-refractivity contribution is 7.80. The van der Waals surface area contributed by atoms with E-state index in [-0.39, 0.29) is 17.2 Å². The summed E-state index contributed by atoms with van der Waals surface area (Å²) in [5, 5.41) is 3.97. The molecule has 0 N–H and O–H groups in total. The van der Waals surface area contributed by atoms with Crippen LogP contribution in [0.2, 0.25) is 18.1 Å². The second-order valence-electron chi connectivity index (χ2n) is 11.5. The van der Waals surface area contributed by atoms with Crippen molar-refractivity contribution in [2.75, 3.05) is 6.61 Å². The molecule has 5 heteroatoms. The molecule has 1 aliphatic rings. The predicted molar refractivity (Wildman–Crippen MR) is 169 cm³/mol. The molecule has 39 heavy (non-hydrogen) atoms. The van der Waals surface area contributed by atoms with Gasteiger partial charge in [0.05, 0.1) is 6.10 Å². The zero-order valence-corrected chi connectivity index (χ0v) is 25.4. The third-order valence-corrected chi connectivity index (χ3v) is 14.7. The minimum Gasteiger partial charge on any atom is -0.475 e. The van der Waals surface area contributed by atoms with Gasteiger partial charge in [0.1, 0.15) is 12.6 Å². The third-order valence-electron chi connectivity index (χ3n) is 7.78. The predicted octanol–water partition coefficient (Wildman–Crippen LogP) is 7.35. The Hall–Kier alpha value is -3.04. The number of hydrogen-bond donors (Lipinski definition) is 0. The minimum atomic E-state index is -2.06. The molecule has 0 radical (unpaired) electrons. The van der Waals surface area contributed by atoms with Crippen LogP contribution in [-0.4, -0.2) is 26.9 Å². The lowest BCUT2D eigenvalue weighted by atomic mass is 10.0. The van der Waals surface area contributed by atoms with Crippen molar-refractivity contribution >= 4 is 38.1 Å². The summed E-state index contributed by atoms with van der Waals surface area (Å²) in [5.74, 6) is 0.717. The molecule has 0 fully saturated rings. The Morgan fingerprint density at radius 2 is 1.28 bits per heavy atom. The number of nitrogens with zero attached hydrogens (tertiary/aromatic N) is 1. The fraction of sp³-hybridized carbons (Fsp3) is 0.265. The summed E-state index contributed by atoms with van der Waals surface area (Å²) < 4.78 is 13.4. The van der Waals surface area contributed by atoms with Crippen LogP contribution in [0.5, 0.6) is 0 Å². The van der Waals surface area contributed by atoms with Crippen molar-refractivity contribution < 1.29 is 9.16 Å². The highest BCUT2D eigenvalue weighted by atomic mass is 31.1. The molecule has 0 saturated heterocycles. The lowest BCUT2D eigenvalue weighted by Crippen LogP contribution is -2.44. The monoisotopic (exact) mass is 551 g/mol. The molecule has 3 nitrogen and oxygen atoms in total. The largest absolute Gasteiger partial charge is 0.475 e. The van der Waals surface area contributed by atoms with E-state index in [9.17, 15) is 0 Å². The lowest BCUT2D eigenvalue weighted by Gasteiger charge is -2.40. The van der Waals surface area contributed by atoms with Crippen LogP contribution in [0.25, 0.3) is 0 Å². The van der Waals surface area contributed by atoms with E-state index in [0.717, 1.165) is 17.0 Å². The van der Waals surface area contributed by atoms with Gasteiger partial charge >= 0.3 is 0 Å². The summed E-state index contributed by atoms with van der Waals surface area (Å²) in [7, 11) is -2.84. The van der Waals surface area contributed by atoms with Crippen LogP contribution in [0.4, 0.5) is 0 Å². The second-order valence-corrected chi connectivity index (χ2v) is 18.5. The van der Waals surface area contributed by atoms with Gasteiger partial charge in [0.2, 0.25) is 5.90 Å². The maximum Gasteiger partial charge on any atom is 0.217 e. The van der Waals surface area contributed by atoms with Crippen molar-refractivity contribution in [3.05, 3.63) is 126 Å². The van der Waals surface area contributed by atoms with E-state index in [1.807, 2.05) is 0 Å². The van der Waals surface area contributed by atoms with Gasteiger partial charge in [-0.2, -0.15) is 0 Å². The van der Waals surface area contributed by atoms with E-state index in [0.29, 0.717) is 6.61 Å². The molecule has 0 amide bonds. The summed E-state index contributed by atoms with van der Waals surface area (Å²) in [6.45, 7) is 12.0. The molecule has 0 saturated carbocycles. The van der Waals surface area contributed by atoms with Gasteiger partial charge in [0, 0.05) is 5.56 Å². The highest BCUT2D eigenvalue weighted by Crippen LogP contribution is 2.42. The number of rotatable bonds is 8. The van der Waals surface area contributed by atoms with E-state index in [1.165, 1.54) is 15.9 Å². The molecule has 1 heterocycles. The lowest BCUT2D eigenvalue weighted by molar-refractivity contribution is 0.137. The zero-order chi connectivity index (χ0) is 27.5. The van der Waals surface area contributed by atoms with Crippen molar-refractivity contribution in [3.8, 4) is 0 Å². The van der Waals surface area contributed by atoms with E-state index >= 15 is 0 Å². The van der Waals surface area contributed by atoms with Crippen molar-refractivity contribution in [1.82, 2.24) is 0 Å². The van der Waals surface area contributed by atoms with Gasteiger partial charge in [-0.1, -0.05) is 130 Å². The van der Waals surface area contributed by atoms with Crippen LogP contribution in [0.3, 0.4) is 0 Å². The molecule has 4 aromatic rings. The Morgan fingerprint density at radius 3 is 1.85 bits per heavy atom. The number of hydrogen-bond acceptors (Lipinski definition) is 3. The first-order valence-electron chi connectivity index (χ1n) is 13.7. The van der Waals surface area contributed by atoms with Gasteiger partial charge in [-0.3, -0.25) is 0 Å². The Morgan fingerprint density at radius 1 is 0.769 bits per heavy atom. The first kappa shape index (κ1) is 27.5. The van der Waals surface area contributed by atoms with Crippen LogP contribution in [0, 0.1) is 0 Å². The van der Waals surface area contributed by atoms with Crippen molar-refractivity contribution in [2.45, 2.75) is 51.0 Å². The van der Waals surface area contributed by atoms with E-state index in [2.05, 4.69) is 149 Å². The SMILES string of the molecule is CC(C)(C)[Si](C)(C)O[C@H](c1ccccc1)[C@H]1COC(c2ccccc2P(c2ccccc2)c2ccccc2)=N1. The summed E-state index contributed by atoms with van der Waals surface area (Å²) in [6.07, 6.45) is -0.151. The van der Waals surface area contributed by atoms with Gasteiger partial charge in [-0.15, -0.1) is 0 Å². The normalized spacial score (nSPS) is 16.6. The van der Waals surface area contributed by atoms with Crippen molar-refractivity contribution in [2.24, 2.45) is 4.99 Å². The summed E-state index contributed by atoms with van der Waals surface area (Å²) in [4.78, 5) is 5.23. The van der Waals surface area contributed by atoms with Crippen LogP contribution < -0.4 is 15.9 Å². The van der Waals surface area contributed by atoms with E-state index in [4.69, 9.17) is 14.2 Å². The van der Waals surface area contributed by atoms with Crippen molar-refractivity contribution in [3.63, 3.8) is 0 Å². The smallest absolute Gasteiger partial charge is 0.217 e. The zero-order valence-electron chi connectivity index (χ0n) is 23.5. The Balaban J connectivity index is 1.55. The molecular formula is C34H38NO2PSi. The maximum absolute atomic E-state index is 7.03. The Labute approximate surface area is 235 Å². The average molecular weight is 552 g/mol. The standard InChI is InChI=1S/C34H38NO2PSi/c1-34(2,3)39(4,5)37-32(26-17-9-6-10-18-26)30-25-36-33(35-30)29-23-15-16-24-31(29)38(27-19-11-7-12-20-27)28-21-13-8-14-22-28/h6-24,30,32H,25H2,1-5H3/t30-,32-/m1/s1. The molecule has 0 unspecified atom stereocenters. The van der Waals surface area contributed by atoms with E-state index in [1.54, 1.807) is 0 Å². The van der Waals surface area contributed by atoms with Gasteiger partial charge in [-0.25, -0.2) is 4.99 Å². The number of benzene rings is 4. The number of ether oxygens (including phenoxy) is 1. The molecule has 0 bridgehead atoms. The van der Waals surface area contributed by atoms with Crippen molar-refractivity contribution in [1.29, 1.82) is 0 Å². The van der Waals surface area contributed by atoms with Crippen LogP contribution >= 0.6 is 7.92 Å². The average Bonchev–Trinajstić information content (AvgIpc) is 3.43. The molecule has 2 atom stereocenters. The molecule has 200 valence electrons. The van der Waals surface area contributed by atoms with Crippen LogP contribution in [0.1, 0.15) is 38.0 Å². The Kier molecular flexibility index (Phi) is 8.18. The van der Waals surface area contributed by atoms with Gasteiger partial charge < -0.3 is 9.16 Å². The first-order chi connectivity index (χ1) is 18.7. The minimum absolute atomic E-state index is 0.0971. The molecule has 4 aromatic carbocycles. The molecular weight excluding hydrogens is 513 g/mol. The summed E-state index contributed by atoms with van der Waals surface area (Å²) >= 11 is 0. The maximum atomic E-state index is 7.03. The van der Waals surface area contributed by atoms with E-state index < -0.39 is 16.2 Å². The second kappa shape index (κ2) is 11.6. The highest BCUT2D eigenvalue weighted by Gasteiger charge is 2.42. The molecule has 0 aromatic heterocycles. The van der Waals surface area contributed by atoms with Gasteiger partial charge in [-0.05, 0) is 53.6 Å². The summed E-state index contributed by atoms with van der Waals surface area (Å²) in [6, 6.07) is 40.6. The summed E-state index contributed by atoms with van der Waals surface area (Å²) in [5.41, 5.74) is 2.22.